The third kappa shape index (κ3) is 4.71. The maximum absolute atomic E-state index is 11.9. The van der Waals surface area contributed by atoms with Gasteiger partial charge in [0, 0.05) is 30.2 Å². The average Bonchev–Trinajstić information content (AvgIpc) is 3.14. The lowest BCUT2D eigenvalue weighted by molar-refractivity contribution is -0.123. The van der Waals surface area contributed by atoms with Crippen LogP contribution in [0.4, 0.5) is 0 Å². The number of rotatable bonds is 6. The first kappa shape index (κ1) is 17.3. The van der Waals surface area contributed by atoms with E-state index < -0.39 is 0 Å². The number of hydrogen-bond donors (Lipinski definition) is 1. The van der Waals surface area contributed by atoms with Crippen molar-refractivity contribution >= 4 is 29.1 Å². The van der Waals surface area contributed by atoms with Crippen LogP contribution in [-0.2, 0) is 11.3 Å². The molecule has 0 atom stereocenters. The summed E-state index contributed by atoms with van der Waals surface area (Å²) < 4.78 is 7.18. The highest BCUT2D eigenvalue weighted by Gasteiger charge is 2.07. The molecular weight excluding hydrogens is 363 g/mol. The summed E-state index contributed by atoms with van der Waals surface area (Å²) in [5.41, 5.74) is 0.877. The molecule has 1 aromatic carbocycles. The molecule has 6 nitrogen and oxygen atoms in total. The number of hydrogen-bond acceptors (Lipinski definition) is 4. The Kier molecular flexibility index (Phi) is 5.53. The number of amides is 1. The Labute approximate surface area is 154 Å². The summed E-state index contributed by atoms with van der Waals surface area (Å²) in [7, 11) is 0. The molecule has 2 aromatic heterocycles. The van der Waals surface area contributed by atoms with Crippen molar-refractivity contribution in [1.29, 1.82) is 0 Å². The summed E-state index contributed by atoms with van der Waals surface area (Å²) in [5, 5.41) is 3.63. The van der Waals surface area contributed by atoms with E-state index in [9.17, 15) is 4.79 Å². The molecule has 0 radical (unpaired) electrons. The first-order chi connectivity index (χ1) is 12.1. The van der Waals surface area contributed by atoms with Crippen molar-refractivity contribution in [3.05, 3.63) is 70.9 Å². The standard InChI is InChI=1S/C17H14Cl2N4O2/c18-13-2-3-15(14(19)7-13)25-10-17(24)22-9-12-1-4-16(21-8-12)23-6-5-20-11-23/h1-8,11H,9-10H2,(H,22,24). The molecule has 0 aliphatic carbocycles. The van der Waals surface area contributed by atoms with Crippen LogP contribution in [0.3, 0.4) is 0 Å². The van der Waals surface area contributed by atoms with Crippen LogP contribution in [0.15, 0.2) is 55.2 Å². The van der Waals surface area contributed by atoms with Crippen molar-refractivity contribution in [3.63, 3.8) is 0 Å². The van der Waals surface area contributed by atoms with Crippen molar-refractivity contribution < 1.29 is 9.53 Å². The molecule has 0 spiro atoms. The zero-order valence-corrected chi connectivity index (χ0v) is 14.5. The molecule has 3 rings (SSSR count). The monoisotopic (exact) mass is 376 g/mol. The van der Waals surface area contributed by atoms with E-state index in [1.807, 2.05) is 18.3 Å². The topological polar surface area (TPSA) is 69.0 Å². The minimum absolute atomic E-state index is 0.137. The van der Waals surface area contributed by atoms with Crippen LogP contribution < -0.4 is 10.1 Å². The number of carbonyl (C=O) groups is 1. The van der Waals surface area contributed by atoms with Gasteiger partial charge in [0.1, 0.15) is 17.9 Å². The molecule has 2 heterocycles. The van der Waals surface area contributed by atoms with Crippen LogP contribution in [0, 0.1) is 0 Å². The van der Waals surface area contributed by atoms with Gasteiger partial charge in [0.2, 0.25) is 0 Å². The smallest absolute Gasteiger partial charge is 0.258 e. The number of carbonyl (C=O) groups excluding carboxylic acids is 1. The third-order valence-electron chi connectivity index (χ3n) is 3.32. The highest BCUT2D eigenvalue weighted by Crippen LogP contribution is 2.27. The molecule has 0 aliphatic rings. The number of ether oxygens (including phenoxy) is 1. The first-order valence-corrected chi connectivity index (χ1v) is 8.15. The summed E-state index contributed by atoms with van der Waals surface area (Å²) in [5.74, 6) is 0.908. The second-order valence-electron chi connectivity index (χ2n) is 5.13. The highest BCUT2D eigenvalue weighted by molar-refractivity contribution is 6.35. The fraction of sp³-hybridized carbons (Fsp3) is 0.118. The summed E-state index contributed by atoms with van der Waals surface area (Å²) in [4.78, 5) is 20.2. The third-order valence-corrected chi connectivity index (χ3v) is 3.85. The maximum atomic E-state index is 11.9. The summed E-state index contributed by atoms with van der Waals surface area (Å²) in [6, 6.07) is 8.57. The van der Waals surface area contributed by atoms with Gasteiger partial charge in [-0.1, -0.05) is 29.3 Å². The molecule has 128 valence electrons. The Balaban J connectivity index is 1.49. The largest absolute Gasteiger partial charge is 0.482 e. The minimum Gasteiger partial charge on any atom is -0.482 e. The Morgan fingerprint density at radius 1 is 1.24 bits per heavy atom. The van der Waals surface area contributed by atoms with E-state index >= 15 is 0 Å². The lowest BCUT2D eigenvalue weighted by atomic mass is 10.3. The molecular formula is C17H14Cl2N4O2. The molecule has 0 aliphatic heterocycles. The van der Waals surface area contributed by atoms with Gasteiger partial charge < -0.3 is 10.1 Å². The van der Waals surface area contributed by atoms with E-state index in [0.717, 1.165) is 11.4 Å². The van der Waals surface area contributed by atoms with E-state index in [1.165, 1.54) is 0 Å². The summed E-state index contributed by atoms with van der Waals surface area (Å²) in [6.45, 7) is 0.218. The summed E-state index contributed by atoms with van der Waals surface area (Å²) in [6.07, 6.45) is 6.86. The van der Waals surface area contributed by atoms with Crippen LogP contribution in [0.1, 0.15) is 5.56 Å². The highest BCUT2D eigenvalue weighted by atomic mass is 35.5. The van der Waals surface area contributed by atoms with Crippen LogP contribution >= 0.6 is 23.2 Å². The number of nitrogens with one attached hydrogen (secondary N) is 1. The molecule has 25 heavy (non-hydrogen) atoms. The van der Waals surface area contributed by atoms with Crippen LogP contribution in [0.2, 0.25) is 10.0 Å². The van der Waals surface area contributed by atoms with Crippen molar-refractivity contribution in [1.82, 2.24) is 19.9 Å². The van der Waals surface area contributed by atoms with Gasteiger partial charge in [-0.15, -0.1) is 0 Å². The molecule has 0 fully saturated rings. The predicted molar refractivity (Wildman–Crippen MR) is 95.2 cm³/mol. The summed E-state index contributed by atoms with van der Waals surface area (Å²) >= 11 is 11.8. The molecule has 0 bridgehead atoms. The fourth-order valence-electron chi connectivity index (χ4n) is 2.06. The normalized spacial score (nSPS) is 10.5. The minimum atomic E-state index is -0.260. The van der Waals surface area contributed by atoms with Gasteiger partial charge in [0.15, 0.2) is 6.61 Å². The first-order valence-electron chi connectivity index (χ1n) is 7.39. The Morgan fingerprint density at radius 3 is 2.80 bits per heavy atom. The number of benzene rings is 1. The Morgan fingerprint density at radius 2 is 2.12 bits per heavy atom. The van der Waals surface area contributed by atoms with Crippen molar-refractivity contribution in [3.8, 4) is 11.6 Å². The average molecular weight is 377 g/mol. The molecule has 1 N–H and O–H groups in total. The molecule has 3 aromatic rings. The number of nitrogens with zero attached hydrogens (tertiary/aromatic N) is 3. The molecule has 0 saturated carbocycles. The van der Waals surface area contributed by atoms with Gasteiger partial charge in [-0.2, -0.15) is 0 Å². The van der Waals surface area contributed by atoms with Crippen molar-refractivity contribution in [2.75, 3.05) is 6.61 Å². The Hall–Kier alpha value is -2.57. The van der Waals surface area contributed by atoms with Gasteiger partial charge >= 0.3 is 0 Å². The van der Waals surface area contributed by atoms with Crippen molar-refractivity contribution in [2.45, 2.75) is 6.54 Å². The van der Waals surface area contributed by atoms with Gasteiger partial charge in [0.05, 0.1) is 5.02 Å². The number of aromatic nitrogens is 3. The van der Waals surface area contributed by atoms with E-state index in [2.05, 4.69) is 15.3 Å². The van der Waals surface area contributed by atoms with E-state index in [4.69, 9.17) is 27.9 Å². The molecule has 1 amide bonds. The molecule has 0 saturated heterocycles. The second-order valence-corrected chi connectivity index (χ2v) is 5.98. The van der Waals surface area contributed by atoms with Crippen LogP contribution in [-0.4, -0.2) is 27.0 Å². The van der Waals surface area contributed by atoms with E-state index in [1.54, 1.807) is 41.5 Å². The second kappa shape index (κ2) is 8.00. The molecule has 8 heteroatoms. The number of pyridine rings is 1. The quantitative estimate of drug-likeness (QED) is 0.716. The van der Waals surface area contributed by atoms with Gasteiger partial charge in [-0.05, 0) is 29.8 Å². The van der Waals surface area contributed by atoms with E-state index in [-0.39, 0.29) is 12.5 Å². The predicted octanol–water partition coefficient (Wildman–Crippen LogP) is 3.27. The fourth-order valence-corrected chi connectivity index (χ4v) is 2.52. The SMILES string of the molecule is O=C(COc1ccc(Cl)cc1Cl)NCc1ccc(-n2ccnc2)nc1. The van der Waals surface area contributed by atoms with E-state index in [0.29, 0.717) is 22.3 Å². The van der Waals surface area contributed by atoms with Gasteiger partial charge in [-0.3, -0.25) is 9.36 Å². The number of imidazole rings is 1. The zero-order valence-electron chi connectivity index (χ0n) is 13.0. The zero-order chi connectivity index (χ0) is 17.6. The van der Waals surface area contributed by atoms with Gasteiger partial charge in [0.25, 0.3) is 5.91 Å². The Bertz CT molecular complexity index is 852. The molecule has 0 unspecified atom stereocenters. The lowest BCUT2D eigenvalue weighted by Crippen LogP contribution is -2.28. The van der Waals surface area contributed by atoms with Crippen LogP contribution in [0.5, 0.6) is 5.75 Å². The van der Waals surface area contributed by atoms with Crippen LogP contribution in [0.25, 0.3) is 5.82 Å². The maximum Gasteiger partial charge on any atom is 0.258 e. The lowest BCUT2D eigenvalue weighted by Gasteiger charge is -2.09. The number of halogens is 2. The van der Waals surface area contributed by atoms with Crippen molar-refractivity contribution in [2.24, 2.45) is 0 Å². The van der Waals surface area contributed by atoms with Gasteiger partial charge in [-0.25, -0.2) is 9.97 Å².